The highest BCUT2D eigenvalue weighted by Crippen LogP contribution is 2.27. The predicted molar refractivity (Wildman–Crippen MR) is 93.2 cm³/mol. The standard InChI is InChI=1S/C17H23N3O2S/c1-3-4-9-20-10-18-16-13(17(20)22)11(2)14(23-16)15(21)19-12-7-5-6-8-12/h10,12H,3-9H2,1-2H3,(H,19,21). The van der Waals surface area contributed by atoms with E-state index in [9.17, 15) is 9.59 Å². The quantitative estimate of drug-likeness (QED) is 0.913. The first-order valence-electron chi connectivity index (χ1n) is 8.41. The molecule has 124 valence electrons. The molecule has 23 heavy (non-hydrogen) atoms. The molecule has 3 rings (SSSR count). The highest BCUT2D eigenvalue weighted by Gasteiger charge is 2.23. The Morgan fingerprint density at radius 3 is 2.87 bits per heavy atom. The van der Waals surface area contributed by atoms with Crippen LogP contribution in [-0.4, -0.2) is 21.5 Å². The number of unbranched alkanes of at least 4 members (excludes halogenated alkanes) is 1. The van der Waals surface area contributed by atoms with Crippen molar-refractivity contribution in [2.45, 2.75) is 65.0 Å². The van der Waals surface area contributed by atoms with Gasteiger partial charge < -0.3 is 5.32 Å². The molecule has 2 aromatic rings. The zero-order valence-electron chi connectivity index (χ0n) is 13.7. The molecule has 1 fully saturated rings. The molecule has 0 bridgehead atoms. The van der Waals surface area contributed by atoms with Gasteiger partial charge in [-0.1, -0.05) is 26.2 Å². The van der Waals surface area contributed by atoms with Gasteiger partial charge in [-0.2, -0.15) is 0 Å². The normalized spacial score (nSPS) is 15.4. The average Bonchev–Trinajstić information content (AvgIpc) is 3.15. The Bertz CT molecular complexity index is 772. The van der Waals surface area contributed by atoms with Crippen molar-refractivity contribution in [3.05, 3.63) is 27.1 Å². The van der Waals surface area contributed by atoms with Crippen molar-refractivity contribution in [1.29, 1.82) is 0 Å². The Balaban J connectivity index is 1.93. The second kappa shape index (κ2) is 6.83. The van der Waals surface area contributed by atoms with E-state index in [1.54, 1.807) is 10.9 Å². The van der Waals surface area contributed by atoms with Crippen molar-refractivity contribution < 1.29 is 4.79 Å². The van der Waals surface area contributed by atoms with Crippen molar-refractivity contribution in [1.82, 2.24) is 14.9 Å². The molecule has 0 saturated heterocycles. The third-order valence-corrected chi connectivity index (χ3v) is 5.77. The van der Waals surface area contributed by atoms with E-state index in [0.717, 1.165) is 31.2 Å². The molecule has 0 unspecified atom stereocenters. The number of carbonyl (C=O) groups is 1. The highest BCUT2D eigenvalue weighted by atomic mass is 32.1. The second-order valence-electron chi connectivity index (χ2n) is 6.29. The van der Waals surface area contributed by atoms with Crippen molar-refractivity contribution in [3.8, 4) is 0 Å². The van der Waals surface area contributed by atoms with Crippen LogP contribution >= 0.6 is 11.3 Å². The monoisotopic (exact) mass is 333 g/mol. The summed E-state index contributed by atoms with van der Waals surface area (Å²) in [5.41, 5.74) is 0.737. The van der Waals surface area contributed by atoms with Crippen LogP contribution in [0.25, 0.3) is 10.2 Å². The van der Waals surface area contributed by atoms with Crippen molar-refractivity contribution in [2.75, 3.05) is 0 Å². The maximum Gasteiger partial charge on any atom is 0.262 e. The molecule has 2 aromatic heterocycles. The van der Waals surface area contributed by atoms with Gasteiger partial charge in [0.25, 0.3) is 11.5 Å². The molecule has 1 aliphatic rings. The van der Waals surface area contributed by atoms with Gasteiger partial charge in [0.1, 0.15) is 4.83 Å². The number of nitrogens with zero attached hydrogens (tertiary/aromatic N) is 2. The number of aryl methyl sites for hydroxylation is 2. The lowest BCUT2D eigenvalue weighted by Gasteiger charge is -2.11. The van der Waals surface area contributed by atoms with Crippen LogP contribution in [0.4, 0.5) is 0 Å². The Morgan fingerprint density at radius 1 is 1.43 bits per heavy atom. The molecule has 2 heterocycles. The van der Waals surface area contributed by atoms with Gasteiger partial charge in [0, 0.05) is 12.6 Å². The minimum atomic E-state index is -0.0584. The third kappa shape index (κ3) is 3.17. The molecule has 6 heteroatoms. The lowest BCUT2D eigenvalue weighted by atomic mass is 10.2. The molecule has 0 aliphatic heterocycles. The van der Waals surface area contributed by atoms with E-state index in [1.165, 1.54) is 24.2 Å². The van der Waals surface area contributed by atoms with E-state index in [0.29, 0.717) is 21.6 Å². The topological polar surface area (TPSA) is 64.0 Å². The minimum absolute atomic E-state index is 0.0304. The molecule has 0 spiro atoms. The fraction of sp³-hybridized carbons (Fsp3) is 0.588. The maximum absolute atomic E-state index is 12.6. The summed E-state index contributed by atoms with van der Waals surface area (Å²) in [5, 5.41) is 3.70. The number of carbonyl (C=O) groups excluding carboxylic acids is 1. The maximum atomic E-state index is 12.6. The predicted octanol–water partition coefficient (Wildman–Crippen LogP) is 3.24. The number of amides is 1. The summed E-state index contributed by atoms with van der Waals surface area (Å²) in [7, 11) is 0. The number of hydrogen-bond donors (Lipinski definition) is 1. The summed E-state index contributed by atoms with van der Waals surface area (Å²) >= 11 is 1.33. The van der Waals surface area contributed by atoms with Gasteiger partial charge in [-0.3, -0.25) is 14.2 Å². The number of aromatic nitrogens is 2. The van der Waals surface area contributed by atoms with Gasteiger partial charge in [-0.25, -0.2) is 4.98 Å². The second-order valence-corrected chi connectivity index (χ2v) is 7.29. The lowest BCUT2D eigenvalue weighted by Crippen LogP contribution is -2.32. The van der Waals surface area contributed by atoms with Gasteiger partial charge in [0.15, 0.2) is 0 Å². The van der Waals surface area contributed by atoms with Crippen LogP contribution in [-0.2, 0) is 6.54 Å². The van der Waals surface area contributed by atoms with Crippen LogP contribution in [0, 0.1) is 6.92 Å². The van der Waals surface area contributed by atoms with Crippen molar-refractivity contribution >= 4 is 27.5 Å². The Kier molecular flexibility index (Phi) is 4.80. The molecule has 1 N–H and O–H groups in total. The minimum Gasteiger partial charge on any atom is -0.349 e. The Hall–Kier alpha value is -1.69. The SMILES string of the molecule is CCCCn1cnc2sc(C(=O)NC3CCCC3)c(C)c2c1=O. The van der Waals surface area contributed by atoms with Crippen molar-refractivity contribution in [3.63, 3.8) is 0 Å². The largest absolute Gasteiger partial charge is 0.349 e. The highest BCUT2D eigenvalue weighted by molar-refractivity contribution is 7.20. The summed E-state index contributed by atoms with van der Waals surface area (Å²) in [6.07, 6.45) is 8.05. The fourth-order valence-electron chi connectivity index (χ4n) is 3.18. The van der Waals surface area contributed by atoms with E-state index >= 15 is 0 Å². The van der Waals surface area contributed by atoms with Crippen LogP contribution < -0.4 is 10.9 Å². The molecule has 1 saturated carbocycles. The van der Waals surface area contributed by atoms with Crippen LogP contribution in [0.1, 0.15) is 60.7 Å². The van der Waals surface area contributed by atoms with Gasteiger partial charge >= 0.3 is 0 Å². The molecular weight excluding hydrogens is 310 g/mol. The number of hydrogen-bond acceptors (Lipinski definition) is 4. The summed E-state index contributed by atoms with van der Waals surface area (Å²) in [5.74, 6) is -0.0584. The molecule has 0 atom stereocenters. The molecular formula is C17H23N3O2S. The van der Waals surface area contributed by atoms with E-state index in [4.69, 9.17) is 0 Å². The Morgan fingerprint density at radius 2 is 2.17 bits per heavy atom. The zero-order valence-corrected chi connectivity index (χ0v) is 14.5. The van der Waals surface area contributed by atoms with Gasteiger partial charge in [-0.15, -0.1) is 11.3 Å². The number of fused-ring (bicyclic) bond motifs is 1. The van der Waals surface area contributed by atoms with E-state index in [2.05, 4.69) is 17.2 Å². The fourth-order valence-corrected chi connectivity index (χ4v) is 4.23. The zero-order chi connectivity index (χ0) is 16.4. The number of nitrogens with one attached hydrogen (secondary N) is 1. The first kappa shape index (κ1) is 16.2. The van der Waals surface area contributed by atoms with Crippen LogP contribution in [0.5, 0.6) is 0 Å². The number of thiophene rings is 1. The molecule has 0 radical (unpaired) electrons. The van der Waals surface area contributed by atoms with Gasteiger partial charge in [0.05, 0.1) is 16.6 Å². The first-order chi connectivity index (χ1) is 11.1. The third-order valence-electron chi connectivity index (χ3n) is 4.57. The van der Waals surface area contributed by atoms with Crippen LogP contribution in [0.15, 0.2) is 11.1 Å². The summed E-state index contributed by atoms with van der Waals surface area (Å²) in [6, 6.07) is 0.279. The first-order valence-corrected chi connectivity index (χ1v) is 9.23. The molecule has 1 amide bonds. The van der Waals surface area contributed by atoms with Gasteiger partial charge in [-0.05, 0) is 31.7 Å². The van der Waals surface area contributed by atoms with E-state index in [1.807, 2.05) is 6.92 Å². The molecule has 1 aliphatic carbocycles. The van der Waals surface area contributed by atoms with Crippen LogP contribution in [0.2, 0.25) is 0 Å². The number of rotatable bonds is 5. The van der Waals surface area contributed by atoms with E-state index in [-0.39, 0.29) is 17.5 Å². The molecule has 0 aromatic carbocycles. The summed E-state index contributed by atoms with van der Waals surface area (Å²) in [6.45, 7) is 4.63. The van der Waals surface area contributed by atoms with Gasteiger partial charge in [0.2, 0.25) is 0 Å². The lowest BCUT2D eigenvalue weighted by molar-refractivity contribution is 0.0941. The summed E-state index contributed by atoms with van der Waals surface area (Å²) < 4.78 is 1.66. The average molecular weight is 333 g/mol. The smallest absolute Gasteiger partial charge is 0.262 e. The molecule has 5 nitrogen and oxygen atoms in total. The Labute approximate surface area is 139 Å². The van der Waals surface area contributed by atoms with Crippen molar-refractivity contribution in [2.24, 2.45) is 0 Å². The van der Waals surface area contributed by atoms with E-state index < -0.39 is 0 Å². The van der Waals surface area contributed by atoms with Crippen LogP contribution in [0.3, 0.4) is 0 Å². The summed E-state index contributed by atoms with van der Waals surface area (Å²) in [4.78, 5) is 30.8.